The van der Waals surface area contributed by atoms with E-state index in [1.165, 1.54) is 0 Å². The van der Waals surface area contributed by atoms with Crippen molar-refractivity contribution in [3.63, 3.8) is 0 Å². The van der Waals surface area contributed by atoms with E-state index in [2.05, 4.69) is 28.7 Å². The molecule has 0 aliphatic carbocycles. The molecule has 1 aliphatic rings. The van der Waals surface area contributed by atoms with E-state index >= 15 is 0 Å². The Kier molecular flexibility index (Phi) is 4.75. The minimum Gasteiger partial charge on any atom is -0.481 e. The molecule has 0 amide bonds. The summed E-state index contributed by atoms with van der Waals surface area (Å²) in [4.78, 5) is 22.5. The van der Waals surface area contributed by atoms with Crippen LogP contribution >= 0.6 is 0 Å². The van der Waals surface area contributed by atoms with Gasteiger partial charge in [-0.25, -0.2) is 0 Å². The average molecular weight is 339 g/mol. The summed E-state index contributed by atoms with van der Waals surface area (Å²) in [5, 5.41) is 9.40. The van der Waals surface area contributed by atoms with E-state index < -0.39 is 5.97 Å². The summed E-state index contributed by atoms with van der Waals surface area (Å²) in [6.45, 7) is 8.33. The van der Waals surface area contributed by atoms with Gasteiger partial charge in [0.15, 0.2) is 0 Å². The normalized spacial score (nSPS) is 16.7. The predicted molar refractivity (Wildman–Crippen MR) is 98.8 cm³/mol. The molecule has 2 aromatic rings. The molecule has 0 aromatic carbocycles. The maximum Gasteiger partial charge on any atom is 0.307 e. The molecule has 1 fully saturated rings. The van der Waals surface area contributed by atoms with Gasteiger partial charge in [-0.15, -0.1) is 0 Å². The fourth-order valence-electron chi connectivity index (χ4n) is 3.43. The largest absolute Gasteiger partial charge is 0.481 e. The highest BCUT2D eigenvalue weighted by Gasteiger charge is 2.29. The van der Waals surface area contributed by atoms with E-state index in [0.717, 1.165) is 54.0 Å². The molecule has 1 aliphatic heterocycles. The van der Waals surface area contributed by atoms with Crippen LogP contribution in [-0.2, 0) is 11.2 Å². The minimum absolute atomic E-state index is 0.0117. The minimum atomic E-state index is -0.827. The summed E-state index contributed by atoms with van der Waals surface area (Å²) in [6.07, 6.45) is 7.58. The molecular formula is C20H25N3O2. The van der Waals surface area contributed by atoms with E-state index in [-0.39, 0.29) is 6.42 Å². The Morgan fingerprint density at radius 1 is 1.28 bits per heavy atom. The van der Waals surface area contributed by atoms with Gasteiger partial charge in [0.05, 0.1) is 12.1 Å². The molecule has 0 atom stereocenters. The van der Waals surface area contributed by atoms with E-state index in [4.69, 9.17) is 0 Å². The van der Waals surface area contributed by atoms with Crippen LogP contribution in [0.25, 0.3) is 11.1 Å². The molecule has 5 heteroatoms. The summed E-state index contributed by atoms with van der Waals surface area (Å²) >= 11 is 0. The van der Waals surface area contributed by atoms with Crippen molar-refractivity contribution in [3.8, 4) is 11.1 Å². The van der Waals surface area contributed by atoms with Crippen LogP contribution in [0.5, 0.6) is 0 Å². The number of nitrogens with zero attached hydrogens (tertiary/aromatic N) is 3. The van der Waals surface area contributed by atoms with Crippen LogP contribution in [0.15, 0.2) is 30.7 Å². The van der Waals surface area contributed by atoms with Gasteiger partial charge >= 0.3 is 5.97 Å². The summed E-state index contributed by atoms with van der Waals surface area (Å²) in [5.41, 5.74) is 4.89. The van der Waals surface area contributed by atoms with Crippen LogP contribution in [0.4, 0.5) is 5.69 Å². The van der Waals surface area contributed by atoms with Crippen LogP contribution in [0, 0.1) is 12.3 Å². The molecule has 3 rings (SSSR count). The summed E-state index contributed by atoms with van der Waals surface area (Å²) in [6, 6.07) is 3.90. The first-order valence-electron chi connectivity index (χ1n) is 8.73. The molecule has 25 heavy (non-hydrogen) atoms. The lowest BCUT2D eigenvalue weighted by Crippen LogP contribution is -2.38. The standard InChI is InChI=1S/C20H25N3O2/c1-14-16(11-18(24)25)19(23-9-6-20(2,3)7-10-23)17(13-22-14)15-5-4-8-21-12-15/h4-5,8,12-13H,6-7,9-11H2,1-3H3,(H,24,25). The molecule has 0 unspecified atom stereocenters. The van der Waals surface area contributed by atoms with Crippen LogP contribution in [0.1, 0.15) is 37.9 Å². The number of anilines is 1. The van der Waals surface area contributed by atoms with Gasteiger partial charge in [0.2, 0.25) is 0 Å². The third-order valence-electron chi connectivity index (χ3n) is 5.10. The Bertz CT molecular complexity index is 762. The van der Waals surface area contributed by atoms with Crippen LogP contribution in [-0.4, -0.2) is 34.1 Å². The SMILES string of the molecule is Cc1ncc(-c2cccnc2)c(N2CCC(C)(C)CC2)c1CC(=O)O. The lowest BCUT2D eigenvalue weighted by Gasteiger charge is -2.40. The highest BCUT2D eigenvalue weighted by atomic mass is 16.4. The van der Waals surface area contributed by atoms with Crippen LogP contribution in [0.2, 0.25) is 0 Å². The first kappa shape index (κ1) is 17.4. The fourth-order valence-corrected chi connectivity index (χ4v) is 3.43. The lowest BCUT2D eigenvalue weighted by atomic mass is 9.82. The Hall–Kier alpha value is -2.43. The monoisotopic (exact) mass is 339 g/mol. The molecule has 0 radical (unpaired) electrons. The highest BCUT2D eigenvalue weighted by molar-refractivity contribution is 5.84. The zero-order valence-electron chi connectivity index (χ0n) is 15.1. The number of carboxylic acids is 1. The van der Waals surface area contributed by atoms with Gasteiger partial charge < -0.3 is 10.0 Å². The Morgan fingerprint density at radius 3 is 2.60 bits per heavy atom. The number of piperidine rings is 1. The van der Waals surface area contributed by atoms with Gasteiger partial charge in [0.1, 0.15) is 0 Å². The van der Waals surface area contributed by atoms with Crippen LogP contribution < -0.4 is 4.90 Å². The van der Waals surface area contributed by atoms with E-state index in [1.54, 1.807) is 6.20 Å². The molecule has 5 nitrogen and oxygen atoms in total. The topological polar surface area (TPSA) is 66.3 Å². The second kappa shape index (κ2) is 6.82. The number of aryl methyl sites for hydroxylation is 1. The maximum atomic E-state index is 11.4. The zero-order chi connectivity index (χ0) is 18.0. The number of hydrogen-bond donors (Lipinski definition) is 1. The van der Waals surface area contributed by atoms with E-state index in [9.17, 15) is 9.90 Å². The van der Waals surface area contributed by atoms with Gasteiger partial charge in [-0.05, 0) is 31.2 Å². The Labute approximate surface area is 148 Å². The molecular weight excluding hydrogens is 314 g/mol. The summed E-state index contributed by atoms with van der Waals surface area (Å²) < 4.78 is 0. The van der Waals surface area contributed by atoms with Gasteiger partial charge in [-0.1, -0.05) is 19.9 Å². The number of aliphatic carboxylic acids is 1. The van der Waals surface area contributed by atoms with Gasteiger partial charge in [-0.3, -0.25) is 14.8 Å². The van der Waals surface area contributed by atoms with Gasteiger partial charge in [-0.2, -0.15) is 0 Å². The maximum absolute atomic E-state index is 11.4. The zero-order valence-corrected chi connectivity index (χ0v) is 15.1. The van der Waals surface area contributed by atoms with E-state index in [1.807, 2.05) is 31.5 Å². The first-order chi connectivity index (χ1) is 11.9. The highest BCUT2D eigenvalue weighted by Crippen LogP contribution is 2.39. The number of carbonyl (C=O) groups is 1. The summed E-state index contributed by atoms with van der Waals surface area (Å²) in [7, 11) is 0. The van der Waals surface area contributed by atoms with Gasteiger partial charge in [0, 0.05) is 54.1 Å². The van der Waals surface area contributed by atoms with Crippen LogP contribution in [0.3, 0.4) is 0 Å². The smallest absolute Gasteiger partial charge is 0.307 e. The quantitative estimate of drug-likeness (QED) is 0.920. The number of pyridine rings is 2. The summed E-state index contributed by atoms with van der Waals surface area (Å²) in [5.74, 6) is -0.827. The molecule has 0 spiro atoms. The molecule has 132 valence electrons. The van der Waals surface area contributed by atoms with E-state index in [0.29, 0.717) is 5.41 Å². The van der Waals surface area contributed by atoms with Crippen molar-refractivity contribution < 1.29 is 9.90 Å². The van der Waals surface area contributed by atoms with Crippen molar-refractivity contribution in [2.75, 3.05) is 18.0 Å². The molecule has 0 saturated carbocycles. The number of hydrogen-bond acceptors (Lipinski definition) is 4. The van der Waals surface area contributed by atoms with Gasteiger partial charge in [0.25, 0.3) is 0 Å². The van der Waals surface area contributed by atoms with Crippen molar-refractivity contribution in [1.29, 1.82) is 0 Å². The Balaban J connectivity index is 2.11. The molecule has 0 bridgehead atoms. The molecule has 3 heterocycles. The third-order valence-corrected chi connectivity index (χ3v) is 5.10. The second-order valence-corrected chi connectivity index (χ2v) is 7.55. The van der Waals surface area contributed by atoms with Crippen molar-refractivity contribution in [1.82, 2.24) is 9.97 Å². The third kappa shape index (κ3) is 3.81. The first-order valence-corrected chi connectivity index (χ1v) is 8.73. The second-order valence-electron chi connectivity index (χ2n) is 7.55. The molecule has 2 aromatic heterocycles. The fraction of sp³-hybridized carbons (Fsp3) is 0.450. The molecule has 1 saturated heterocycles. The Morgan fingerprint density at radius 2 is 2.00 bits per heavy atom. The van der Waals surface area contributed by atoms with Crippen molar-refractivity contribution in [2.24, 2.45) is 5.41 Å². The number of rotatable bonds is 4. The lowest BCUT2D eigenvalue weighted by molar-refractivity contribution is -0.136. The average Bonchev–Trinajstić information content (AvgIpc) is 2.57. The molecule has 1 N–H and O–H groups in total. The predicted octanol–water partition coefficient (Wildman–Crippen LogP) is 3.71. The number of aromatic nitrogens is 2. The van der Waals surface area contributed by atoms with Crippen molar-refractivity contribution >= 4 is 11.7 Å². The van der Waals surface area contributed by atoms with Crippen molar-refractivity contribution in [2.45, 2.75) is 40.0 Å². The number of carboxylic acid groups (broad SMARTS) is 1. The van der Waals surface area contributed by atoms with Crippen molar-refractivity contribution in [3.05, 3.63) is 42.0 Å².